The van der Waals surface area contributed by atoms with Gasteiger partial charge in [-0.05, 0) is 19.8 Å². The first-order valence-electron chi connectivity index (χ1n) is 9.16. The zero-order valence-corrected chi connectivity index (χ0v) is 17.8. The highest BCUT2D eigenvalue weighted by atomic mass is 32.1. The van der Waals surface area contributed by atoms with Crippen LogP contribution in [0.15, 0.2) is 4.99 Å². The minimum absolute atomic E-state index is 0.00455. The maximum atomic E-state index is 12.6. The number of aliphatic imine (C=N–C) groups is 1. The molecule has 0 fully saturated rings. The number of carboxylic acid groups (broad SMARTS) is 2. The molecule has 0 rings (SSSR count). The molecule has 3 amide bonds. The predicted octanol–water partition coefficient (Wildman–Crippen LogP) is -3.67. The van der Waals surface area contributed by atoms with Crippen LogP contribution in [0.3, 0.4) is 0 Å². The summed E-state index contributed by atoms with van der Waals surface area (Å²) in [6.07, 6.45) is -0.534. The predicted molar refractivity (Wildman–Crippen MR) is 113 cm³/mol. The fraction of sp³-hybridized carbons (Fsp3) is 0.625. The van der Waals surface area contributed by atoms with Crippen LogP contribution in [0.4, 0.5) is 0 Å². The molecule has 0 spiro atoms. The van der Waals surface area contributed by atoms with Gasteiger partial charge in [-0.25, -0.2) is 0 Å². The van der Waals surface area contributed by atoms with Crippen molar-refractivity contribution < 1.29 is 34.2 Å². The zero-order chi connectivity index (χ0) is 24.1. The van der Waals surface area contributed by atoms with Crippen LogP contribution in [0.2, 0.25) is 0 Å². The van der Waals surface area contributed by atoms with Crippen molar-refractivity contribution in [3.05, 3.63) is 0 Å². The molecule has 0 heterocycles. The number of carbonyl (C=O) groups is 5. The number of rotatable bonds is 14. The molecule has 0 aliphatic rings. The van der Waals surface area contributed by atoms with Gasteiger partial charge >= 0.3 is 11.9 Å². The second-order valence-corrected chi connectivity index (χ2v) is 6.89. The second kappa shape index (κ2) is 14.0. The van der Waals surface area contributed by atoms with Gasteiger partial charge in [0.05, 0.1) is 12.5 Å². The van der Waals surface area contributed by atoms with Crippen molar-refractivity contribution in [3.63, 3.8) is 0 Å². The van der Waals surface area contributed by atoms with Crippen LogP contribution >= 0.6 is 12.6 Å². The number of nitrogens with zero attached hydrogens (tertiary/aromatic N) is 1. The summed E-state index contributed by atoms with van der Waals surface area (Å²) in [4.78, 5) is 62.8. The number of hydrogen-bond acceptors (Lipinski definition) is 8. The Balaban J connectivity index is 5.40. The Morgan fingerprint density at radius 1 is 0.968 bits per heavy atom. The van der Waals surface area contributed by atoms with Gasteiger partial charge in [0, 0.05) is 12.3 Å². The molecule has 31 heavy (non-hydrogen) atoms. The monoisotopic (exact) mass is 463 g/mol. The van der Waals surface area contributed by atoms with E-state index in [1.165, 1.54) is 6.92 Å². The van der Waals surface area contributed by atoms with Crippen LogP contribution < -0.4 is 33.2 Å². The lowest BCUT2D eigenvalue weighted by molar-refractivity contribution is -0.143. The first-order chi connectivity index (χ1) is 14.4. The molecule has 0 aromatic heterocycles. The quantitative estimate of drug-likeness (QED) is 0.0528. The Bertz CT molecular complexity index is 700. The van der Waals surface area contributed by atoms with E-state index >= 15 is 0 Å². The molecule has 0 saturated carbocycles. The molecule has 0 bridgehead atoms. The summed E-state index contributed by atoms with van der Waals surface area (Å²) in [6, 6.07) is -5.09. The molecule has 0 aliphatic heterocycles. The van der Waals surface area contributed by atoms with Gasteiger partial charge in [-0.1, -0.05) is 0 Å². The molecule has 0 saturated heterocycles. The molecule has 4 unspecified atom stereocenters. The first kappa shape index (κ1) is 27.9. The van der Waals surface area contributed by atoms with Crippen LogP contribution in [0.5, 0.6) is 0 Å². The number of carboxylic acids is 2. The van der Waals surface area contributed by atoms with E-state index in [2.05, 4.69) is 33.6 Å². The van der Waals surface area contributed by atoms with E-state index in [1.54, 1.807) is 0 Å². The number of guanidine groups is 1. The second-order valence-electron chi connectivity index (χ2n) is 6.53. The molecular formula is C16H29N7O7S. The molecule has 0 aromatic rings. The number of hydrogen-bond donors (Lipinski definition) is 9. The van der Waals surface area contributed by atoms with E-state index in [4.69, 9.17) is 27.4 Å². The fourth-order valence-corrected chi connectivity index (χ4v) is 2.33. The molecule has 14 nitrogen and oxygen atoms in total. The number of nitrogens with one attached hydrogen (secondary N) is 3. The van der Waals surface area contributed by atoms with Gasteiger partial charge in [-0.2, -0.15) is 12.6 Å². The van der Waals surface area contributed by atoms with Gasteiger partial charge in [0.25, 0.3) is 0 Å². The standard InChI is InChI=1S/C16H29N7O7S/c1-7(15(29)30)21-13(27)9(3-2-4-20-16(18)19)22-14(28)10(5-11(24)25)23-12(26)8(17)6-31/h7-10,31H,2-6,17H2,1H3,(H,21,27)(H,22,28)(H,23,26)(H,24,25)(H,29,30)(H4,18,19,20). The van der Waals surface area contributed by atoms with E-state index in [9.17, 15) is 24.0 Å². The highest BCUT2D eigenvalue weighted by Crippen LogP contribution is 2.03. The highest BCUT2D eigenvalue weighted by molar-refractivity contribution is 7.80. The summed E-state index contributed by atoms with van der Waals surface area (Å²) in [7, 11) is 0. The van der Waals surface area contributed by atoms with Gasteiger partial charge in [0.15, 0.2) is 5.96 Å². The van der Waals surface area contributed by atoms with Crippen molar-refractivity contribution in [2.75, 3.05) is 12.3 Å². The Morgan fingerprint density at radius 3 is 2.00 bits per heavy atom. The van der Waals surface area contributed by atoms with Gasteiger partial charge in [0.1, 0.15) is 18.1 Å². The fourth-order valence-electron chi connectivity index (χ4n) is 2.17. The topological polar surface area (TPSA) is 252 Å². The Morgan fingerprint density at radius 2 is 1.52 bits per heavy atom. The van der Waals surface area contributed by atoms with E-state index in [0.29, 0.717) is 0 Å². The third-order valence-electron chi connectivity index (χ3n) is 3.85. The van der Waals surface area contributed by atoms with Crippen molar-refractivity contribution >= 4 is 48.2 Å². The molecular weight excluding hydrogens is 434 g/mol. The lowest BCUT2D eigenvalue weighted by atomic mass is 10.1. The average Bonchev–Trinajstić information content (AvgIpc) is 2.67. The Hall–Kier alpha value is -3.07. The van der Waals surface area contributed by atoms with E-state index in [-0.39, 0.29) is 31.1 Å². The SMILES string of the molecule is CC(NC(=O)C(CCCN=C(N)N)NC(=O)C(CC(=O)O)NC(=O)C(N)CS)C(=O)O. The number of thiol groups is 1. The third-order valence-corrected chi connectivity index (χ3v) is 4.25. The molecule has 176 valence electrons. The number of nitrogens with two attached hydrogens (primary N) is 3. The lowest BCUT2D eigenvalue weighted by Crippen LogP contribution is -2.57. The third kappa shape index (κ3) is 11.6. The molecule has 11 N–H and O–H groups in total. The molecule has 0 aliphatic carbocycles. The van der Waals surface area contributed by atoms with Crippen molar-refractivity contribution in [1.29, 1.82) is 0 Å². The summed E-state index contributed by atoms with van der Waals surface area (Å²) < 4.78 is 0. The summed E-state index contributed by atoms with van der Waals surface area (Å²) in [5, 5.41) is 24.7. The van der Waals surface area contributed by atoms with Gasteiger partial charge < -0.3 is 43.4 Å². The molecule has 0 radical (unpaired) electrons. The van der Waals surface area contributed by atoms with Crippen LogP contribution in [-0.2, 0) is 24.0 Å². The summed E-state index contributed by atoms with van der Waals surface area (Å²) in [6.45, 7) is 1.35. The van der Waals surface area contributed by atoms with Gasteiger partial charge in [-0.15, -0.1) is 0 Å². The molecule has 15 heteroatoms. The van der Waals surface area contributed by atoms with Gasteiger partial charge in [0.2, 0.25) is 17.7 Å². The first-order valence-corrected chi connectivity index (χ1v) is 9.79. The highest BCUT2D eigenvalue weighted by Gasteiger charge is 2.30. The lowest BCUT2D eigenvalue weighted by Gasteiger charge is -2.23. The van der Waals surface area contributed by atoms with Crippen molar-refractivity contribution in [2.24, 2.45) is 22.2 Å². The minimum atomic E-state index is -1.53. The van der Waals surface area contributed by atoms with Crippen molar-refractivity contribution in [1.82, 2.24) is 16.0 Å². The summed E-state index contributed by atoms with van der Waals surface area (Å²) in [5.74, 6) is -5.48. The Labute approximate surface area is 183 Å². The largest absolute Gasteiger partial charge is 0.481 e. The zero-order valence-electron chi connectivity index (χ0n) is 16.9. The number of amides is 3. The molecule has 4 atom stereocenters. The van der Waals surface area contributed by atoms with Gasteiger partial charge in [-0.3, -0.25) is 29.0 Å². The summed E-state index contributed by atoms with van der Waals surface area (Å²) in [5.41, 5.74) is 16.0. The van der Waals surface area contributed by atoms with E-state index in [0.717, 1.165) is 0 Å². The van der Waals surface area contributed by atoms with E-state index < -0.39 is 60.2 Å². The van der Waals surface area contributed by atoms with E-state index in [1.807, 2.05) is 0 Å². The minimum Gasteiger partial charge on any atom is -0.481 e. The average molecular weight is 464 g/mol. The van der Waals surface area contributed by atoms with Crippen LogP contribution in [0.1, 0.15) is 26.2 Å². The molecule has 0 aromatic carbocycles. The van der Waals surface area contributed by atoms with Crippen LogP contribution in [0, 0.1) is 0 Å². The van der Waals surface area contributed by atoms with Crippen molar-refractivity contribution in [3.8, 4) is 0 Å². The summed E-state index contributed by atoms with van der Waals surface area (Å²) >= 11 is 3.86. The number of aliphatic carboxylic acids is 2. The maximum Gasteiger partial charge on any atom is 0.325 e. The Kier molecular flexibility index (Phi) is 12.6. The van der Waals surface area contributed by atoms with Crippen molar-refractivity contribution in [2.45, 2.75) is 50.4 Å². The maximum absolute atomic E-state index is 12.6. The van der Waals surface area contributed by atoms with Crippen LogP contribution in [-0.4, -0.2) is 82.3 Å². The number of carbonyl (C=O) groups excluding carboxylic acids is 3. The smallest absolute Gasteiger partial charge is 0.325 e. The van der Waals surface area contributed by atoms with Crippen LogP contribution in [0.25, 0.3) is 0 Å². The normalized spacial score (nSPS) is 14.3.